The molecule has 0 saturated carbocycles. The van der Waals surface area contributed by atoms with E-state index in [0.717, 1.165) is 34.0 Å². The van der Waals surface area contributed by atoms with E-state index in [1.54, 1.807) is 23.9 Å². The first-order chi connectivity index (χ1) is 14.0. The van der Waals surface area contributed by atoms with Crippen LogP contribution in [0, 0.1) is 13.8 Å². The Balaban J connectivity index is 1.66. The van der Waals surface area contributed by atoms with Gasteiger partial charge in [-0.25, -0.2) is 14.0 Å². The van der Waals surface area contributed by atoms with Crippen molar-refractivity contribution < 1.29 is 4.74 Å². The Kier molecular flexibility index (Phi) is 3.99. The minimum absolute atomic E-state index is 0.241. The number of ether oxygens (including phenoxy) is 1. The average molecular weight is 411 g/mol. The van der Waals surface area contributed by atoms with Crippen LogP contribution in [0.15, 0.2) is 34.2 Å². The molecule has 0 unspecified atom stereocenters. The summed E-state index contributed by atoms with van der Waals surface area (Å²) in [6, 6.07) is 5.49. The van der Waals surface area contributed by atoms with Crippen molar-refractivity contribution in [3.63, 3.8) is 0 Å². The summed E-state index contributed by atoms with van der Waals surface area (Å²) >= 11 is 6.22. The van der Waals surface area contributed by atoms with Crippen LogP contribution in [0.3, 0.4) is 0 Å². The molecular weight excluding hydrogens is 392 g/mol. The summed E-state index contributed by atoms with van der Waals surface area (Å²) in [5.74, 6) is 2.16. The lowest BCUT2D eigenvalue weighted by molar-refractivity contribution is 0.406. The molecule has 1 aromatic carbocycles. The molecule has 0 radical (unpaired) electrons. The van der Waals surface area contributed by atoms with Gasteiger partial charge < -0.3 is 4.74 Å². The third-order valence-corrected chi connectivity index (χ3v) is 5.63. The number of anilines is 1. The third-order valence-electron chi connectivity index (χ3n) is 5.40. The molecule has 0 atom stereocenters. The SMILES string of the molecule is COc1c(C)cnc(Cn2nc3n(c2=O)-c2cc(Cl)ccc2C2=NCCN23)c1C. The second-order valence-electron chi connectivity index (χ2n) is 7.14. The van der Waals surface area contributed by atoms with Gasteiger partial charge in [-0.3, -0.25) is 14.9 Å². The van der Waals surface area contributed by atoms with Gasteiger partial charge in [-0.15, -0.1) is 5.10 Å². The Hall–Kier alpha value is -3.13. The van der Waals surface area contributed by atoms with Crippen LogP contribution in [0.5, 0.6) is 5.75 Å². The largest absolute Gasteiger partial charge is 0.496 e. The van der Waals surface area contributed by atoms with Gasteiger partial charge in [0.15, 0.2) is 0 Å². The van der Waals surface area contributed by atoms with Gasteiger partial charge >= 0.3 is 5.69 Å². The minimum Gasteiger partial charge on any atom is -0.496 e. The molecule has 8 nitrogen and oxygen atoms in total. The molecule has 2 aliphatic rings. The number of aliphatic imine (C=N–C) groups is 1. The van der Waals surface area contributed by atoms with Crippen molar-refractivity contribution in [1.82, 2.24) is 19.3 Å². The molecule has 0 N–H and O–H groups in total. The van der Waals surface area contributed by atoms with Crippen molar-refractivity contribution in [1.29, 1.82) is 0 Å². The van der Waals surface area contributed by atoms with Gasteiger partial charge in [-0.1, -0.05) is 11.6 Å². The van der Waals surface area contributed by atoms with E-state index < -0.39 is 0 Å². The van der Waals surface area contributed by atoms with E-state index in [9.17, 15) is 4.79 Å². The zero-order chi connectivity index (χ0) is 20.3. The summed E-state index contributed by atoms with van der Waals surface area (Å²) < 4.78 is 8.53. The summed E-state index contributed by atoms with van der Waals surface area (Å²) in [6.45, 7) is 5.48. The normalized spacial score (nSPS) is 14.3. The van der Waals surface area contributed by atoms with Crippen LogP contribution < -0.4 is 15.3 Å². The molecule has 2 aliphatic heterocycles. The number of hydrogen-bond acceptors (Lipinski definition) is 6. The number of pyridine rings is 1. The Bertz CT molecular complexity index is 1240. The summed E-state index contributed by atoms with van der Waals surface area (Å²) in [5.41, 5.74) is 3.94. The number of fused-ring (bicyclic) bond motifs is 6. The van der Waals surface area contributed by atoms with Crippen LogP contribution in [0.25, 0.3) is 5.69 Å². The fourth-order valence-electron chi connectivity index (χ4n) is 4.01. The molecule has 148 valence electrons. The first kappa shape index (κ1) is 17.9. The Labute approximate surface area is 172 Å². The van der Waals surface area contributed by atoms with E-state index in [4.69, 9.17) is 16.3 Å². The highest BCUT2D eigenvalue weighted by Crippen LogP contribution is 2.32. The zero-order valence-electron chi connectivity index (χ0n) is 16.3. The summed E-state index contributed by atoms with van der Waals surface area (Å²) in [6.07, 6.45) is 1.75. The second-order valence-corrected chi connectivity index (χ2v) is 7.58. The number of nitrogens with zero attached hydrogens (tertiary/aromatic N) is 6. The van der Waals surface area contributed by atoms with Crippen molar-refractivity contribution in [2.45, 2.75) is 20.4 Å². The van der Waals surface area contributed by atoms with Crippen LogP contribution >= 0.6 is 11.6 Å². The lowest BCUT2D eigenvalue weighted by atomic mass is 10.1. The topological polar surface area (TPSA) is 77.5 Å². The number of aryl methyl sites for hydroxylation is 1. The van der Waals surface area contributed by atoms with Gasteiger partial charge in [0.25, 0.3) is 0 Å². The number of aromatic nitrogens is 4. The van der Waals surface area contributed by atoms with E-state index >= 15 is 0 Å². The molecule has 0 fully saturated rings. The molecular formula is C20H19ClN6O2. The minimum atomic E-state index is -0.241. The number of methoxy groups -OCH3 is 1. The zero-order valence-corrected chi connectivity index (χ0v) is 17.1. The van der Waals surface area contributed by atoms with Crippen LogP contribution in [0.4, 0.5) is 5.95 Å². The summed E-state index contributed by atoms with van der Waals surface area (Å²) in [5, 5.41) is 5.18. The third kappa shape index (κ3) is 2.59. The lowest BCUT2D eigenvalue weighted by Gasteiger charge is -2.26. The Morgan fingerprint density at radius 2 is 2.10 bits per heavy atom. The van der Waals surface area contributed by atoms with Crippen LogP contribution in [0.1, 0.15) is 22.4 Å². The van der Waals surface area contributed by atoms with Crippen molar-refractivity contribution >= 4 is 23.4 Å². The van der Waals surface area contributed by atoms with Crippen molar-refractivity contribution in [3.05, 3.63) is 62.3 Å². The predicted octanol–water partition coefficient (Wildman–Crippen LogP) is 2.34. The maximum absolute atomic E-state index is 13.3. The predicted molar refractivity (Wildman–Crippen MR) is 111 cm³/mol. The maximum Gasteiger partial charge on any atom is 0.352 e. The quantitative estimate of drug-likeness (QED) is 0.662. The van der Waals surface area contributed by atoms with Crippen LogP contribution in [0.2, 0.25) is 5.02 Å². The molecule has 0 aliphatic carbocycles. The maximum atomic E-state index is 13.3. The summed E-state index contributed by atoms with van der Waals surface area (Å²) in [4.78, 5) is 24.4. The van der Waals surface area contributed by atoms with Gasteiger partial charge in [0, 0.05) is 34.5 Å². The smallest absolute Gasteiger partial charge is 0.352 e. The van der Waals surface area contributed by atoms with E-state index in [2.05, 4.69) is 15.1 Å². The van der Waals surface area contributed by atoms with Gasteiger partial charge in [0.05, 0.1) is 31.6 Å². The first-order valence-electron chi connectivity index (χ1n) is 9.31. The summed E-state index contributed by atoms with van der Waals surface area (Å²) in [7, 11) is 1.63. The number of rotatable bonds is 3. The Morgan fingerprint density at radius 1 is 1.28 bits per heavy atom. The number of amidine groups is 1. The van der Waals surface area contributed by atoms with Crippen LogP contribution in [-0.2, 0) is 6.54 Å². The van der Waals surface area contributed by atoms with E-state index in [-0.39, 0.29) is 12.2 Å². The van der Waals surface area contributed by atoms with Crippen molar-refractivity contribution in [2.75, 3.05) is 25.1 Å². The molecule has 5 rings (SSSR count). The molecule has 9 heteroatoms. The lowest BCUT2D eigenvalue weighted by Crippen LogP contribution is -2.37. The molecule has 2 aromatic heterocycles. The fourth-order valence-corrected chi connectivity index (χ4v) is 4.17. The van der Waals surface area contributed by atoms with Crippen molar-refractivity contribution in [2.24, 2.45) is 4.99 Å². The monoisotopic (exact) mass is 410 g/mol. The highest BCUT2D eigenvalue weighted by molar-refractivity contribution is 6.31. The molecule has 3 aromatic rings. The average Bonchev–Trinajstić information content (AvgIpc) is 3.30. The van der Waals surface area contributed by atoms with E-state index in [0.29, 0.717) is 29.7 Å². The van der Waals surface area contributed by atoms with Crippen LogP contribution in [-0.4, -0.2) is 45.4 Å². The van der Waals surface area contributed by atoms with Gasteiger partial charge in [-0.05, 0) is 32.0 Å². The number of benzene rings is 1. The highest BCUT2D eigenvalue weighted by atomic mass is 35.5. The molecule has 0 spiro atoms. The van der Waals surface area contributed by atoms with Crippen molar-refractivity contribution in [3.8, 4) is 11.4 Å². The first-order valence-corrected chi connectivity index (χ1v) is 9.68. The highest BCUT2D eigenvalue weighted by Gasteiger charge is 2.34. The van der Waals surface area contributed by atoms with Gasteiger partial charge in [-0.2, -0.15) is 0 Å². The molecule has 29 heavy (non-hydrogen) atoms. The van der Waals surface area contributed by atoms with E-state index in [1.807, 2.05) is 30.9 Å². The standard InChI is InChI=1S/C20H19ClN6O2/c1-11-9-23-15(12(2)17(11)29-3)10-26-20(28)27-16-8-13(21)4-5-14(16)18-22-6-7-25(18)19(27)24-26/h4-5,8-9H,6-7,10H2,1-3H3. The fraction of sp³-hybridized carbons (Fsp3) is 0.300. The molecule has 0 bridgehead atoms. The number of hydrogen-bond donors (Lipinski definition) is 0. The Morgan fingerprint density at radius 3 is 2.90 bits per heavy atom. The van der Waals surface area contributed by atoms with E-state index in [1.165, 1.54) is 4.68 Å². The number of halogens is 1. The molecule has 4 heterocycles. The molecule has 0 amide bonds. The van der Waals surface area contributed by atoms with Gasteiger partial charge in [0.1, 0.15) is 11.6 Å². The molecule has 0 saturated heterocycles. The second kappa shape index (κ2) is 6.45. The van der Waals surface area contributed by atoms with Gasteiger partial charge in [0.2, 0.25) is 5.95 Å².